The molecule has 1 saturated carbocycles. The van der Waals surface area contributed by atoms with Crippen molar-refractivity contribution in [2.45, 2.75) is 44.8 Å². The van der Waals surface area contributed by atoms with Gasteiger partial charge in [-0.3, -0.25) is 9.78 Å². The average Bonchev–Trinajstić information content (AvgIpc) is 3.53. The van der Waals surface area contributed by atoms with Gasteiger partial charge in [0.15, 0.2) is 0 Å². The Morgan fingerprint density at radius 2 is 2.14 bits per heavy atom. The molecule has 9 heteroatoms. The van der Waals surface area contributed by atoms with Gasteiger partial charge in [0.1, 0.15) is 17.9 Å². The molecule has 4 aromatic rings. The molecule has 1 aliphatic heterocycles. The van der Waals surface area contributed by atoms with E-state index < -0.39 is 0 Å². The minimum absolute atomic E-state index is 0.00704. The number of hydrogen-bond acceptors (Lipinski definition) is 7. The van der Waals surface area contributed by atoms with Gasteiger partial charge in [0.2, 0.25) is 5.91 Å². The van der Waals surface area contributed by atoms with Crippen LogP contribution in [0.3, 0.4) is 0 Å². The van der Waals surface area contributed by atoms with E-state index >= 15 is 0 Å². The van der Waals surface area contributed by atoms with Crippen LogP contribution < -0.4 is 11.1 Å². The van der Waals surface area contributed by atoms with Crippen LogP contribution >= 0.6 is 0 Å². The molecule has 0 radical (unpaired) electrons. The molecule has 0 spiro atoms. The van der Waals surface area contributed by atoms with E-state index in [0.717, 1.165) is 65.4 Å². The van der Waals surface area contributed by atoms with E-state index in [1.54, 1.807) is 18.6 Å². The van der Waals surface area contributed by atoms with Gasteiger partial charge < -0.3 is 15.8 Å². The van der Waals surface area contributed by atoms with Gasteiger partial charge in [-0.25, -0.2) is 14.6 Å². The molecular formula is C26H27N7O2. The van der Waals surface area contributed by atoms with Crippen molar-refractivity contribution < 1.29 is 9.53 Å². The van der Waals surface area contributed by atoms with Gasteiger partial charge >= 0.3 is 0 Å². The maximum atomic E-state index is 13.0. The van der Waals surface area contributed by atoms with E-state index in [0.29, 0.717) is 11.6 Å². The SMILES string of the molecule is Cc1ccncc1-c1cc2cc(NC(=O)[C@@H]3C[C@H]3c3cnn(C4CCCCO4)c3)ncc2c(N)n1. The number of pyridine rings is 3. The number of nitrogens with one attached hydrogen (secondary N) is 1. The molecule has 3 N–H and O–H groups in total. The monoisotopic (exact) mass is 469 g/mol. The van der Waals surface area contributed by atoms with Crippen LogP contribution in [0.4, 0.5) is 11.6 Å². The number of rotatable bonds is 5. The Morgan fingerprint density at radius 3 is 2.97 bits per heavy atom. The van der Waals surface area contributed by atoms with Crippen LogP contribution in [0.5, 0.6) is 0 Å². The van der Waals surface area contributed by atoms with Crippen molar-refractivity contribution in [3.63, 3.8) is 0 Å². The van der Waals surface area contributed by atoms with Crippen LogP contribution in [-0.4, -0.2) is 37.2 Å². The lowest BCUT2D eigenvalue weighted by Crippen LogP contribution is -2.18. The number of hydrogen-bond donors (Lipinski definition) is 2. The Hall–Kier alpha value is -3.85. The first kappa shape index (κ1) is 21.7. The first-order chi connectivity index (χ1) is 17.1. The number of aryl methyl sites for hydroxylation is 1. The van der Waals surface area contributed by atoms with Crippen LogP contribution in [0.25, 0.3) is 22.0 Å². The lowest BCUT2D eigenvalue weighted by atomic mass is 10.1. The second-order valence-electron chi connectivity index (χ2n) is 9.39. The first-order valence-corrected chi connectivity index (χ1v) is 12.0. The topological polar surface area (TPSA) is 121 Å². The summed E-state index contributed by atoms with van der Waals surface area (Å²) < 4.78 is 7.71. The highest BCUT2D eigenvalue weighted by atomic mass is 16.5. The summed E-state index contributed by atoms with van der Waals surface area (Å²) in [6, 6.07) is 5.73. The largest absolute Gasteiger partial charge is 0.383 e. The molecule has 0 bridgehead atoms. The van der Waals surface area contributed by atoms with E-state index in [-0.39, 0.29) is 24.0 Å². The van der Waals surface area contributed by atoms with Crippen molar-refractivity contribution in [2.24, 2.45) is 5.92 Å². The molecule has 9 nitrogen and oxygen atoms in total. The molecule has 1 aliphatic carbocycles. The van der Waals surface area contributed by atoms with Crippen LogP contribution in [0, 0.1) is 12.8 Å². The number of carbonyl (C=O) groups is 1. The summed E-state index contributed by atoms with van der Waals surface area (Å²) in [5, 5.41) is 9.07. The third kappa shape index (κ3) is 4.23. The number of nitrogens with zero attached hydrogens (tertiary/aromatic N) is 5. The second kappa shape index (κ2) is 8.74. The van der Waals surface area contributed by atoms with Crippen molar-refractivity contribution in [3.8, 4) is 11.3 Å². The Labute approximate surface area is 202 Å². The highest BCUT2D eigenvalue weighted by Gasteiger charge is 2.45. The number of aromatic nitrogens is 5. The van der Waals surface area contributed by atoms with E-state index in [1.807, 2.05) is 42.2 Å². The molecule has 1 amide bonds. The smallest absolute Gasteiger partial charge is 0.229 e. The molecule has 4 aromatic heterocycles. The normalized spacial score (nSPS) is 21.7. The number of nitrogen functional groups attached to an aromatic ring is 1. The van der Waals surface area contributed by atoms with Crippen molar-refractivity contribution in [2.75, 3.05) is 17.7 Å². The Kier molecular flexibility index (Phi) is 5.41. The standard InChI is InChI=1S/C26H27N7O2/c1-15-5-6-28-12-20(15)22-8-16-9-23(29-13-21(16)25(27)31-22)32-26(34)19-10-18(19)17-11-30-33(14-17)24-4-2-3-7-35-24/h5-6,8-9,11-14,18-19,24H,2-4,7,10H2,1H3,(H2,27,31)(H,29,32,34)/t18-,19+,24?/m0/s1. The van der Waals surface area contributed by atoms with Crippen molar-refractivity contribution in [3.05, 3.63) is 60.3 Å². The van der Waals surface area contributed by atoms with E-state index in [9.17, 15) is 4.79 Å². The summed E-state index contributed by atoms with van der Waals surface area (Å²) in [4.78, 5) is 26.1. The second-order valence-corrected chi connectivity index (χ2v) is 9.39. The fraction of sp³-hybridized carbons (Fsp3) is 0.346. The average molecular weight is 470 g/mol. The number of amides is 1. The molecule has 35 heavy (non-hydrogen) atoms. The van der Waals surface area contributed by atoms with Crippen molar-refractivity contribution in [1.82, 2.24) is 24.7 Å². The zero-order valence-corrected chi connectivity index (χ0v) is 19.5. The predicted molar refractivity (Wildman–Crippen MR) is 132 cm³/mol. The molecular weight excluding hydrogens is 442 g/mol. The summed E-state index contributed by atoms with van der Waals surface area (Å²) in [6.07, 6.45) is 13.1. The Balaban J connectivity index is 1.18. The number of nitrogens with two attached hydrogens (primary N) is 1. The molecule has 2 fully saturated rings. The third-order valence-corrected chi connectivity index (χ3v) is 6.94. The molecule has 1 saturated heterocycles. The highest BCUT2D eigenvalue weighted by Crippen LogP contribution is 2.48. The van der Waals surface area contributed by atoms with E-state index in [4.69, 9.17) is 10.5 Å². The van der Waals surface area contributed by atoms with Gasteiger partial charge in [-0.2, -0.15) is 5.10 Å². The molecule has 3 atom stereocenters. The molecule has 2 aliphatic rings. The predicted octanol–water partition coefficient (Wildman–Crippen LogP) is 4.22. The molecule has 6 rings (SSSR count). The minimum Gasteiger partial charge on any atom is -0.383 e. The van der Waals surface area contributed by atoms with Gasteiger partial charge in [-0.15, -0.1) is 0 Å². The highest BCUT2D eigenvalue weighted by molar-refractivity contribution is 5.98. The lowest BCUT2D eigenvalue weighted by molar-refractivity contribution is -0.117. The summed E-state index contributed by atoms with van der Waals surface area (Å²) in [7, 11) is 0. The number of fused-ring (bicyclic) bond motifs is 1. The molecule has 5 heterocycles. The zero-order valence-electron chi connectivity index (χ0n) is 19.5. The number of anilines is 2. The minimum atomic E-state index is -0.0893. The quantitative estimate of drug-likeness (QED) is 0.449. The summed E-state index contributed by atoms with van der Waals surface area (Å²) in [6.45, 7) is 2.79. The third-order valence-electron chi connectivity index (χ3n) is 6.94. The summed E-state index contributed by atoms with van der Waals surface area (Å²) in [5.41, 5.74) is 10.0. The Morgan fingerprint density at radius 1 is 1.23 bits per heavy atom. The van der Waals surface area contributed by atoms with Crippen molar-refractivity contribution in [1.29, 1.82) is 0 Å². The van der Waals surface area contributed by atoms with Crippen LogP contribution in [0.1, 0.15) is 49.0 Å². The van der Waals surface area contributed by atoms with E-state index in [2.05, 4.69) is 25.4 Å². The maximum absolute atomic E-state index is 13.0. The van der Waals surface area contributed by atoms with Crippen LogP contribution in [0.15, 0.2) is 49.2 Å². The molecule has 178 valence electrons. The lowest BCUT2D eigenvalue weighted by Gasteiger charge is -2.22. The fourth-order valence-electron chi connectivity index (χ4n) is 4.82. The van der Waals surface area contributed by atoms with Crippen LogP contribution in [0.2, 0.25) is 0 Å². The van der Waals surface area contributed by atoms with E-state index in [1.165, 1.54) is 0 Å². The molecule has 0 aromatic carbocycles. The summed E-state index contributed by atoms with van der Waals surface area (Å²) in [5.74, 6) is 0.946. The number of ether oxygens (including phenoxy) is 1. The van der Waals surface area contributed by atoms with Gasteiger partial charge in [-0.05, 0) is 73.2 Å². The van der Waals surface area contributed by atoms with Gasteiger partial charge in [0.05, 0.1) is 11.9 Å². The Bertz CT molecular complexity index is 1410. The zero-order chi connectivity index (χ0) is 23.9. The fourth-order valence-corrected chi connectivity index (χ4v) is 4.82. The number of carbonyl (C=O) groups excluding carboxylic acids is 1. The van der Waals surface area contributed by atoms with Crippen molar-refractivity contribution >= 4 is 28.3 Å². The van der Waals surface area contributed by atoms with Crippen LogP contribution in [-0.2, 0) is 9.53 Å². The summed E-state index contributed by atoms with van der Waals surface area (Å²) >= 11 is 0. The maximum Gasteiger partial charge on any atom is 0.229 e. The van der Waals surface area contributed by atoms with Gasteiger partial charge in [0.25, 0.3) is 0 Å². The van der Waals surface area contributed by atoms with Gasteiger partial charge in [-0.1, -0.05) is 0 Å². The van der Waals surface area contributed by atoms with Gasteiger partial charge in [0, 0.05) is 48.3 Å². The molecule has 1 unspecified atom stereocenters. The first-order valence-electron chi connectivity index (χ1n) is 12.0.